The first-order valence-corrected chi connectivity index (χ1v) is 6.52. The van der Waals surface area contributed by atoms with E-state index in [4.69, 9.17) is 5.11 Å². The predicted octanol–water partition coefficient (Wildman–Crippen LogP) is 1.29. The molecule has 1 amide bonds. The van der Waals surface area contributed by atoms with Crippen molar-refractivity contribution in [3.63, 3.8) is 0 Å². The zero-order valence-electron chi connectivity index (χ0n) is 11.2. The molecule has 1 fully saturated rings. The van der Waals surface area contributed by atoms with Gasteiger partial charge in [-0.3, -0.25) is 14.3 Å². The van der Waals surface area contributed by atoms with Crippen LogP contribution in [0.4, 0.5) is 0 Å². The first-order valence-electron chi connectivity index (χ1n) is 6.52. The van der Waals surface area contributed by atoms with Crippen molar-refractivity contribution in [2.75, 3.05) is 6.54 Å². The molecule has 1 saturated heterocycles. The number of likely N-dealkylation sites (tertiary alicyclic amines) is 1. The highest BCUT2D eigenvalue weighted by Gasteiger charge is 2.30. The molecule has 1 unspecified atom stereocenters. The summed E-state index contributed by atoms with van der Waals surface area (Å²) >= 11 is 0. The minimum atomic E-state index is -0.829. The molecule has 0 spiro atoms. The van der Waals surface area contributed by atoms with Gasteiger partial charge >= 0.3 is 5.97 Å². The highest BCUT2D eigenvalue weighted by molar-refractivity contribution is 5.80. The van der Waals surface area contributed by atoms with Crippen LogP contribution in [0.2, 0.25) is 0 Å². The summed E-state index contributed by atoms with van der Waals surface area (Å²) in [4.78, 5) is 24.4. The molecule has 2 heterocycles. The van der Waals surface area contributed by atoms with Crippen molar-refractivity contribution in [3.05, 3.63) is 18.0 Å². The van der Waals surface area contributed by atoms with Gasteiger partial charge in [-0.25, -0.2) is 0 Å². The van der Waals surface area contributed by atoms with Crippen molar-refractivity contribution >= 4 is 11.9 Å². The van der Waals surface area contributed by atoms with Crippen molar-refractivity contribution in [1.29, 1.82) is 0 Å². The lowest BCUT2D eigenvalue weighted by Gasteiger charge is -2.30. The Morgan fingerprint density at radius 3 is 2.89 bits per heavy atom. The summed E-state index contributed by atoms with van der Waals surface area (Å²) in [6.45, 7) is 4.73. The number of aliphatic carboxylic acids is 1. The first kappa shape index (κ1) is 13.6. The topological polar surface area (TPSA) is 75.4 Å². The van der Waals surface area contributed by atoms with Gasteiger partial charge in [0.05, 0.1) is 18.2 Å². The lowest BCUT2D eigenvalue weighted by atomic mass is 9.98. The summed E-state index contributed by atoms with van der Waals surface area (Å²) in [5.41, 5.74) is 0.799. The number of nitrogens with zero attached hydrogens (tertiary/aromatic N) is 3. The molecule has 2 rings (SSSR count). The van der Waals surface area contributed by atoms with Gasteiger partial charge in [0, 0.05) is 25.2 Å². The number of carbonyl (C=O) groups excluding carboxylic acids is 1. The van der Waals surface area contributed by atoms with Crippen LogP contribution in [0.3, 0.4) is 0 Å². The van der Waals surface area contributed by atoms with Crippen LogP contribution >= 0.6 is 0 Å². The zero-order chi connectivity index (χ0) is 14.0. The number of carboxylic acids is 1. The lowest BCUT2D eigenvalue weighted by Crippen LogP contribution is -2.42. The SMILES string of the molecule is CC(C)n1ccc(CN2CC(C(=O)O)CCC2=O)n1. The number of hydrogen-bond acceptors (Lipinski definition) is 3. The summed E-state index contributed by atoms with van der Waals surface area (Å²) < 4.78 is 1.83. The molecule has 0 aliphatic carbocycles. The molecular weight excluding hydrogens is 246 g/mol. The van der Waals surface area contributed by atoms with Gasteiger partial charge < -0.3 is 10.0 Å². The van der Waals surface area contributed by atoms with E-state index in [0.29, 0.717) is 19.4 Å². The van der Waals surface area contributed by atoms with Crippen molar-refractivity contribution in [2.45, 2.75) is 39.3 Å². The van der Waals surface area contributed by atoms with E-state index >= 15 is 0 Å². The van der Waals surface area contributed by atoms with Crippen LogP contribution in [0.25, 0.3) is 0 Å². The molecule has 1 aliphatic rings. The molecular formula is C13H19N3O3. The van der Waals surface area contributed by atoms with Gasteiger partial charge in [-0.15, -0.1) is 0 Å². The minimum Gasteiger partial charge on any atom is -0.481 e. The van der Waals surface area contributed by atoms with Crippen LogP contribution in [0.5, 0.6) is 0 Å². The van der Waals surface area contributed by atoms with Gasteiger partial charge in [0.1, 0.15) is 0 Å². The number of carbonyl (C=O) groups is 2. The summed E-state index contributed by atoms with van der Waals surface area (Å²) in [7, 11) is 0. The van der Waals surface area contributed by atoms with E-state index in [2.05, 4.69) is 5.10 Å². The molecule has 104 valence electrons. The minimum absolute atomic E-state index is 0.0107. The molecule has 0 bridgehead atoms. The number of amides is 1. The lowest BCUT2D eigenvalue weighted by molar-refractivity contribution is -0.147. The third kappa shape index (κ3) is 3.13. The molecule has 0 aromatic carbocycles. The normalized spacial score (nSPS) is 20.1. The largest absolute Gasteiger partial charge is 0.481 e. The molecule has 1 atom stereocenters. The molecule has 1 aromatic heterocycles. The van der Waals surface area contributed by atoms with E-state index < -0.39 is 11.9 Å². The van der Waals surface area contributed by atoms with Crippen LogP contribution in [-0.4, -0.2) is 38.2 Å². The van der Waals surface area contributed by atoms with E-state index in [1.165, 1.54) is 0 Å². The second-order valence-corrected chi connectivity index (χ2v) is 5.23. The van der Waals surface area contributed by atoms with Crippen molar-refractivity contribution < 1.29 is 14.7 Å². The fraction of sp³-hybridized carbons (Fsp3) is 0.615. The smallest absolute Gasteiger partial charge is 0.308 e. The number of rotatable bonds is 4. The molecule has 1 aromatic rings. The number of carboxylic acid groups (broad SMARTS) is 1. The van der Waals surface area contributed by atoms with E-state index in [9.17, 15) is 9.59 Å². The average molecular weight is 265 g/mol. The van der Waals surface area contributed by atoms with Crippen molar-refractivity contribution in [2.24, 2.45) is 5.92 Å². The Bertz CT molecular complexity index is 481. The highest BCUT2D eigenvalue weighted by atomic mass is 16.4. The Labute approximate surface area is 112 Å². The first-order chi connectivity index (χ1) is 8.97. The van der Waals surface area contributed by atoms with Gasteiger partial charge in [-0.05, 0) is 26.3 Å². The fourth-order valence-corrected chi connectivity index (χ4v) is 2.21. The van der Waals surface area contributed by atoms with Gasteiger partial charge in [0.15, 0.2) is 0 Å². The molecule has 6 nitrogen and oxygen atoms in total. The van der Waals surface area contributed by atoms with Gasteiger partial charge in [-0.1, -0.05) is 0 Å². The van der Waals surface area contributed by atoms with Gasteiger partial charge in [-0.2, -0.15) is 5.10 Å². The van der Waals surface area contributed by atoms with Crippen LogP contribution in [-0.2, 0) is 16.1 Å². The van der Waals surface area contributed by atoms with Crippen LogP contribution in [0, 0.1) is 5.92 Å². The van der Waals surface area contributed by atoms with Crippen LogP contribution in [0.15, 0.2) is 12.3 Å². The maximum Gasteiger partial charge on any atom is 0.308 e. The molecule has 6 heteroatoms. The van der Waals surface area contributed by atoms with Crippen molar-refractivity contribution in [3.8, 4) is 0 Å². The maximum absolute atomic E-state index is 11.8. The predicted molar refractivity (Wildman–Crippen MR) is 68.4 cm³/mol. The van der Waals surface area contributed by atoms with Gasteiger partial charge in [0.25, 0.3) is 0 Å². The Morgan fingerprint density at radius 2 is 2.32 bits per heavy atom. The molecule has 19 heavy (non-hydrogen) atoms. The summed E-state index contributed by atoms with van der Waals surface area (Å²) in [5.74, 6) is -1.27. The fourth-order valence-electron chi connectivity index (χ4n) is 2.21. The summed E-state index contributed by atoms with van der Waals surface area (Å²) in [6, 6.07) is 2.15. The second-order valence-electron chi connectivity index (χ2n) is 5.23. The molecule has 0 radical (unpaired) electrons. The Morgan fingerprint density at radius 1 is 1.58 bits per heavy atom. The second kappa shape index (κ2) is 5.42. The van der Waals surface area contributed by atoms with Gasteiger partial charge in [0.2, 0.25) is 5.91 Å². The molecule has 1 aliphatic heterocycles. The highest BCUT2D eigenvalue weighted by Crippen LogP contribution is 2.19. The monoisotopic (exact) mass is 265 g/mol. The van der Waals surface area contributed by atoms with Crippen molar-refractivity contribution in [1.82, 2.24) is 14.7 Å². The number of piperidine rings is 1. The van der Waals surface area contributed by atoms with Crippen LogP contribution in [0.1, 0.15) is 38.4 Å². The van der Waals surface area contributed by atoms with E-state index in [-0.39, 0.29) is 18.5 Å². The quantitative estimate of drug-likeness (QED) is 0.890. The van der Waals surface area contributed by atoms with E-state index in [1.54, 1.807) is 4.90 Å². The third-order valence-corrected chi connectivity index (χ3v) is 3.39. The maximum atomic E-state index is 11.8. The number of aromatic nitrogens is 2. The third-order valence-electron chi connectivity index (χ3n) is 3.39. The zero-order valence-corrected chi connectivity index (χ0v) is 11.2. The molecule has 1 N–H and O–H groups in total. The number of hydrogen-bond donors (Lipinski definition) is 1. The van der Waals surface area contributed by atoms with E-state index in [1.807, 2.05) is 30.8 Å². The Balaban J connectivity index is 2.03. The van der Waals surface area contributed by atoms with Crippen LogP contribution < -0.4 is 0 Å². The summed E-state index contributed by atoms with van der Waals surface area (Å²) in [6.07, 6.45) is 2.62. The van der Waals surface area contributed by atoms with E-state index in [0.717, 1.165) is 5.69 Å². The average Bonchev–Trinajstić information content (AvgIpc) is 2.80. The Kier molecular flexibility index (Phi) is 3.87. The summed E-state index contributed by atoms with van der Waals surface area (Å²) in [5, 5.41) is 13.4. The Hall–Kier alpha value is -1.85. The standard InChI is InChI=1S/C13H19N3O3/c1-9(2)16-6-5-11(14-16)8-15-7-10(13(18)19)3-4-12(15)17/h5-6,9-10H,3-4,7-8H2,1-2H3,(H,18,19). The molecule has 0 saturated carbocycles.